The van der Waals surface area contributed by atoms with Crippen LogP contribution < -0.4 is 0 Å². The summed E-state index contributed by atoms with van der Waals surface area (Å²) in [7, 11) is 0. The van der Waals surface area contributed by atoms with Gasteiger partial charge in [0, 0.05) is 44.2 Å². The van der Waals surface area contributed by atoms with Crippen molar-refractivity contribution < 1.29 is 19.2 Å². The average molecular weight is 351 g/mol. The van der Waals surface area contributed by atoms with Gasteiger partial charge in [0.2, 0.25) is 5.91 Å². The zero-order chi connectivity index (χ0) is 18.1. The predicted octanol–water partition coefficient (Wildman–Crippen LogP) is 0.847. The summed E-state index contributed by atoms with van der Waals surface area (Å²) in [6.07, 6.45) is 0.803. The van der Waals surface area contributed by atoms with E-state index < -0.39 is 5.60 Å². The number of hydrogen-bond acceptors (Lipinski definition) is 6. The van der Waals surface area contributed by atoms with Gasteiger partial charge < -0.3 is 19.3 Å². The van der Waals surface area contributed by atoms with Crippen LogP contribution in [0.5, 0.6) is 0 Å². The maximum atomic E-state index is 12.6. The first-order valence-electron chi connectivity index (χ1n) is 9.02. The number of amides is 1. The highest BCUT2D eigenvalue weighted by atomic mass is 16.5. The molecule has 0 radical (unpaired) electrons. The molecule has 2 aliphatic heterocycles. The minimum absolute atomic E-state index is 0.0256. The Labute approximate surface area is 148 Å². The average Bonchev–Trinajstić information content (AvgIpc) is 2.96. The molecule has 3 rings (SSSR count). The van der Waals surface area contributed by atoms with Crippen molar-refractivity contribution in [3.63, 3.8) is 0 Å². The lowest BCUT2D eigenvalue weighted by Crippen LogP contribution is -2.63. The highest BCUT2D eigenvalue weighted by molar-refractivity contribution is 5.78. The van der Waals surface area contributed by atoms with Crippen LogP contribution in [0.1, 0.15) is 31.7 Å². The largest absolute Gasteiger partial charge is 0.388 e. The number of aromatic nitrogens is 1. The molecule has 2 saturated heterocycles. The summed E-state index contributed by atoms with van der Waals surface area (Å²) in [6.45, 7) is 10.8. The van der Waals surface area contributed by atoms with Crippen molar-refractivity contribution in [1.29, 1.82) is 0 Å². The monoisotopic (exact) mass is 351 g/mol. The summed E-state index contributed by atoms with van der Waals surface area (Å²) in [5, 5.41) is 15.1. The normalized spacial score (nSPS) is 27.4. The van der Waals surface area contributed by atoms with E-state index in [1.807, 2.05) is 25.7 Å². The fourth-order valence-electron chi connectivity index (χ4n) is 3.76. The number of carbonyl (C=O) groups is 1. The van der Waals surface area contributed by atoms with Gasteiger partial charge in [-0.25, -0.2) is 0 Å². The van der Waals surface area contributed by atoms with Gasteiger partial charge in [-0.2, -0.15) is 0 Å². The van der Waals surface area contributed by atoms with E-state index in [1.165, 1.54) is 0 Å². The van der Waals surface area contributed by atoms with Crippen LogP contribution in [0, 0.1) is 12.3 Å². The van der Waals surface area contributed by atoms with Gasteiger partial charge in [-0.05, 0) is 13.3 Å². The van der Waals surface area contributed by atoms with E-state index in [1.54, 1.807) is 6.07 Å². The maximum Gasteiger partial charge on any atom is 0.230 e. The van der Waals surface area contributed by atoms with E-state index in [2.05, 4.69) is 10.1 Å². The van der Waals surface area contributed by atoms with Gasteiger partial charge in [0.05, 0.1) is 30.9 Å². The van der Waals surface area contributed by atoms with Crippen LogP contribution in [0.3, 0.4) is 0 Å². The Balaban J connectivity index is 1.61. The fourth-order valence-corrected chi connectivity index (χ4v) is 3.76. The van der Waals surface area contributed by atoms with Crippen LogP contribution in [0.25, 0.3) is 0 Å². The van der Waals surface area contributed by atoms with Gasteiger partial charge in [0.15, 0.2) is 0 Å². The van der Waals surface area contributed by atoms with Crippen LogP contribution in [-0.4, -0.2) is 77.5 Å². The van der Waals surface area contributed by atoms with Crippen LogP contribution in [0.2, 0.25) is 0 Å². The molecular weight excluding hydrogens is 322 g/mol. The molecule has 140 valence electrons. The Morgan fingerprint density at radius 2 is 2.04 bits per heavy atom. The molecule has 7 heteroatoms. The second-order valence-electron chi connectivity index (χ2n) is 7.98. The molecule has 1 amide bonds. The second-order valence-corrected chi connectivity index (χ2v) is 7.98. The number of likely N-dealkylation sites (tertiary alicyclic amines) is 1. The number of hydrogen-bond donors (Lipinski definition) is 1. The Kier molecular flexibility index (Phi) is 5.18. The molecule has 1 aromatic heterocycles. The highest BCUT2D eigenvalue weighted by Crippen LogP contribution is 2.39. The van der Waals surface area contributed by atoms with Crippen molar-refractivity contribution in [2.45, 2.75) is 39.2 Å². The van der Waals surface area contributed by atoms with Crippen LogP contribution in [-0.2, 0) is 16.0 Å². The summed E-state index contributed by atoms with van der Waals surface area (Å²) < 4.78 is 10.5. The number of aryl methyl sites for hydroxylation is 1. The number of aliphatic hydroxyl groups is 1. The number of piperidine rings is 1. The van der Waals surface area contributed by atoms with E-state index >= 15 is 0 Å². The van der Waals surface area contributed by atoms with Crippen molar-refractivity contribution in [2.24, 2.45) is 5.41 Å². The number of rotatable bonds is 4. The Hall–Kier alpha value is -1.44. The van der Waals surface area contributed by atoms with Crippen molar-refractivity contribution in [3.8, 4) is 0 Å². The fraction of sp³-hybridized carbons (Fsp3) is 0.778. The van der Waals surface area contributed by atoms with E-state index in [4.69, 9.17) is 9.26 Å². The maximum absolute atomic E-state index is 12.6. The molecule has 2 fully saturated rings. The van der Waals surface area contributed by atoms with Gasteiger partial charge in [0.1, 0.15) is 5.76 Å². The first kappa shape index (κ1) is 18.4. The molecule has 1 aromatic rings. The number of morpholine rings is 1. The third-order valence-corrected chi connectivity index (χ3v) is 5.59. The van der Waals surface area contributed by atoms with E-state index in [9.17, 15) is 9.90 Å². The Morgan fingerprint density at radius 1 is 1.32 bits per heavy atom. The lowest BCUT2D eigenvalue weighted by molar-refractivity contribution is -0.157. The van der Waals surface area contributed by atoms with E-state index in [-0.39, 0.29) is 17.7 Å². The molecule has 0 spiro atoms. The molecule has 0 bridgehead atoms. The molecule has 7 nitrogen and oxygen atoms in total. The lowest BCUT2D eigenvalue weighted by atomic mass is 9.69. The smallest absolute Gasteiger partial charge is 0.230 e. The standard InChI is InChI=1S/C18H29N3O4/c1-14-10-15(25-19-14)11-16(22)21-5-4-18(23,17(2,3)12-21)13-20-6-8-24-9-7-20/h10,23H,4-9,11-13H2,1-3H3. The zero-order valence-corrected chi connectivity index (χ0v) is 15.5. The van der Waals surface area contributed by atoms with Gasteiger partial charge in [-0.15, -0.1) is 0 Å². The molecule has 1 unspecified atom stereocenters. The summed E-state index contributed by atoms with van der Waals surface area (Å²) >= 11 is 0. The van der Waals surface area contributed by atoms with Crippen molar-refractivity contribution in [1.82, 2.24) is 15.0 Å². The minimum Gasteiger partial charge on any atom is -0.388 e. The summed E-state index contributed by atoms with van der Waals surface area (Å²) in [6, 6.07) is 1.79. The summed E-state index contributed by atoms with van der Waals surface area (Å²) in [5.41, 5.74) is -0.401. The zero-order valence-electron chi connectivity index (χ0n) is 15.5. The topological polar surface area (TPSA) is 79.0 Å². The first-order valence-corrected chi connectivity index (χ1v) is 9.02. The van der Waals surface area contributed by atoms with Crippen LogP contribution in [0.15, 0.2) is 10.6 Å². The van der Waals surface area contributed by atoms with Gasteiger partial charge >= 0.3 is 0 Å². The molecule has 2 aliphatic rings. The molecule has 0 saturated carbocycles. The summed E-state index contributed by atoms with van der Waals surface area (Å²) in [5.74, 6) is 0.618. The second kappa shape index (κ2) is 7.05. The summed E-state index contributed by atoms with van der Waals surface area (Å²) in [4.78, 5) is 16.7. The molecule has 1 atom stereocenters. The SMILES string of the molecule is Cc1cc(CC(=O)N2CCC(O)(CN3CCOCC3)C(C)(C)C2)on1. The minimum atomic E-state index is -0.802. The van der Waals surface area contributed by atoms with Crippen LogP contribution >= 0.6 is 0 Å². The predicted molar refractivity (Wildman–Crippen MR) is 92.1 cm³/mol. The molecule has 3 heterocycles. The lowest BCUT2D eigenvalue weighted by Gasteiger charge is -2.52. The van der Waals surface area contributed by atoms with E-state index in [0.717, 1.165) is 32.0 Å². The molecule has 1 N–H and O–H groups in total. The Bertz CT molecular complexity index is 609. The molecule has 25 heavy (non-hydrogen) atoms. The number of nitrogens with zero attached hydrogens (tertiary/aromatic N) is 3. The highest BCUT2D eigenvalue weighted by Gasteiger charge is 2.49. The number of carbonyl (C=O) groups excluding carboxylic acids is 1. The number of ether oxygens (including phenoxy) is 1. The van der Waals surface area contributed by atoms with Gasteiger partial charge in [0.25, 0.3) is 0 Å². The Morgan fingerprint density at radius 3 is 2.64 bits per heavy atom. The first-order chi connectivity index (χ1) is 11.8. The van der Waals surface area contributed by atoms with Crippen LogP contribution in [0.4, 0.5) is 0 Å². The van der Waals surface area contributed by atoms with Crippen molar-refractivity contribution >= 4 is 5.91 Å². The third kappa shape index (κ3) is 4.04. The number of β-amino-alcohol motifs (C(OH)–C–C–N with tert-alkyl or cyclic N) is 1. The quantitative estimate of drug-likeness (QED) is 0.866. The van der Waals surface area contributed by atoms with E-state index in [0.29, 0.717) is 31.8 Å². The van der Waals surface area contributed by atoms with Gasteiger partial charge in [-0.3, -0.25) is 9.69 Å². The van der Waals surface area contributed by atoms with Crippen molar-refractivity contribution in [3.05, 3.63) is 17.5 Å². The molecule has 0 aromatic carbocycles. The van der Waals surface area contributed by atoms with Gasteiger partial charge in [-0.1, -0.05) is 19.0 Å². The third-order valence-electron chi connectivity index (χ3n) is 5.59. The molecular formula is C18H29N3O4. The van der Waals surface area contributed by atoms with Crippen molar-refractivity contribution in [2.75, 3.05) is 45.9 Å². The molecule has 0 aliphatic carbocycles.